The van der Waals surface area contributed by atoms with Crippen molar-refractivity contribution in [2.24, 2.45) is 5.73 Å². The number of aryl methyl sites for hydroxylation is 1. The highest BCUT2D eigenvalue weighted by Crippen LogP contribution is 2.23. The molecule has 0 aliphatic carbocycles. The summed E-state index contributed by atoms with van der Waals surface area (Å²) in [4.78, 5) is 7.38. The second-order valence-corrected chi connectivity index (χ2v) is 3.78. The van der Waals surface area contributed by atoms with Crippen LogP contribution < -0.4 is 10.5 Å². The number of thiocarbonyl (C=S) groups is 1. The van der Waals surface area contributed by atoms with E-state index < -0.39 is 18.3 Å². The molecule has 0 spiro atoms. The molecule has 8 heteroatoms. The number of halogens is 3. The molecule has 0 amide bonds. The van der Waals surface area contributed by atoms with E-state index in [0.717, 1.165) is 6.92 Å². The summed E-state index contributed by atoms with van der Waals surface area (Å²) >= 11 is 4.68. The Hall–Kier alpha value is -1.44. The van der Waals surface area contributed by atoms with Crippen LogP contribution in [0, 0.1) is 6.92 Å². The molecule has 0 aliphatic rings. The van der Waals surface area contributed by atoms with Crippen molar-refractivity contribution in [2.75, 3.05) is 0 Å². The molecule has 0 saturated heterocycles. The van der Waals surface area contributed by atoms with Crippen molar-refractivity contribution in [2.45, 2.75) is 26.1 Å². The lowest BCUT2D eigenvalue weighted by atomic mass is 10.3. The van der Waals surface area contributed by atoms with Crippen LogP contribution in [0.2, 0.25) is 0 Å². The highest BCUT2D eigenvalue weighted by Gasteiger charge is 2.38. The number of hydrogen-bond acceptors (Lipinski definition) is 4. The van der Waals surface area contributed by atoms with Gasteiger partial charge in [0, 0.05) is 5.69 Å². The van der Waals surface area contributed by atoms with E-state index in [4.69, 9.17) is 5.73 Å². The fourth-order valence-corrected chi connectivity index (χ4v) is 1.05. The molecular weight excluding hydrogens is 255 g/mol. The van der Waals surface area contributed by atoms with Gasteiger partial charge in [0.25, 0.3) is 0 Å². The molecular formula is C9H10F3N3OS. The van der Waals surface area contributed by atoms with Crippen molar-refractivity contribution < 1.29 is 17.9 Å². The Bertz CT molecular complexity index is 436. The zero-order chi connectivity index (χ0) is 13.2. The molecule has 0 aliphatic heterocycles. The molecule has 2 N–H and O–H groups in total. The summed E-state index contributed by atoms with van der Waals surface area (Å²) in [5, 5.41) is 0. The fourth-order valence-electron chi connectivity index (χ4n) is 0.945. The zero-order valence-corrected chi connectivity index (χ0v) is 9.89. The molecule has 4 nitrogen and oxygen atoms in total. The third-order valence-corrected chi connectivity index (χ3v) is 2.04. The number of nitrogens with two attached hydrogens (primary N) is 1. The smallest absolute Gasteiger partial charge is 0.425 e. The maximum atomic E-state index is 12.3. The molecule has 94 valence electrons. The summed E-state index contributed by atoms with van der Waals surface area (Å²) in [5.74, 6) is 0. The van der Waals surface area contributed by atoms with Gasteiger partial charge in [-0.25, -0.2) is 4.98 Å². The summed E-state index contributed by atoms with van der Waals surface area (Å²) in [5.41, 5.74) is 5.93. The first-order valence-corrected chi connectivity index (χ1v) is 5.00. The van der Waals surface area contributed by atoms with E-state index in [1.807, 2.05) is 0 Å². The molecule has 0 saturated carbocycles. The van der Waals surface area contributed by atoms with Gasteiger partial charge >= 0.3 is 12.2 Å². The predicted octanol–water partition coefficient (Wildman–Crippen LogP) is 1.75. The Balaban J connectivity index is 2.96. The summed E-state index contributed by atoms with van der Waals surface area (Å²) in [6.07, 6.45) is -6.47. The van der Waals surface area contributed by atoms with Gasteiger partial charge in [-0.1, -0.05) is 12.2 Å². The second kappa shape index (κ2) is 4.82. The van der Waals surface area contributed by atoms with Crippen molar-refractivity contribution in [3.63, 3.8) is 0 Å². The molecule has 0 aromatic carbocycles. The first-order valence-electron chi connectivity index (χ1n) is 4.59. The third-order valence-electron chi connectivity index (χ3n) is 1.83. The minimum atomic E-state index is -4.48. The van der Waals surface area contributed by atoms with Gasteiger partial charge in [-0.05, 0) is 19.9 Å². The van der Waals surface area contributed by atoms with Crippen molar-refractivity contribution >= 4 is 17.2 Å². The van der Waals surface area contributed by atoms with Gasteiger partial charge < -0.3 is 10.5 Å². The van der Waals surface area contributed by atoms with Gasteiger partial charge in [-0.2, -0.15) is 18.2 Å². The van der Waals surface area contributed by atoms with Crippen molar-refractivity contribution in [1.29, 1.82) is 0 Å². The van der Waals surface area contributed by atoms with Crippen LogP contribution >= 0.6 is 12.2 Å². The van der Waals surface area contributed by atoms with E-state index in [0.29, 0.717) is 5.69 Å². The van der Waals surface area contributed by atoms with Gasteiger partial charge in [0.1, 0.15) is 10.7 Å². The first kappa shape index (κ1) is 13.6. The molecule has 0 radical (unpaired) electrons. The first-order chi connectivity index (χ1) is 7.70. The Kier molecular flexibility index (Phi) is 3.87. The monoisotopic (exact) mass is 265 g/mol. The predicted molar refractivity (Wildman–Crippen MR) is 58.8 cm³/mol. The normalized spacial score (nSPS) is 13.2. The number of alkyl halides is 3. The van der Waals surface area contributed by atoms with Crippen molar-refractivity contribution in [3.05, 3.63) is 17.5 Å². The lowest BCUT2D eigenvalue weighted by Gasteiger charge is -2.16. The molecule has 1 unspecified atom stereocenters. The average molecular weight is 265 g/mol. The molecule has 17 heavy (non-hydrogen) atoms. The molecule has 0 bridgehead atoms. The second-order valence-electron chi connectivity index (χ2n) is 3.34. The maximum absolute atomic E-state index is 12.3. The molecule has 1 rings (SSSR count). The van der Waals surface area contributed by atoms with Crippen LogP contribution in [0.1, 0.15) is 18.3 Å². The van der Waals surface area contributed by atoms with Crippen LogP contribution in [0.3, 0.4) is 0 Å². The lowest BCUT2D eigenvalue weighted by molar-refractivity contribution is -0.190. The highest BCUT2D eigenvalue weighted by molar-refractivity contribution is 7.80. The van der Waals surface area contributed by atoms with E-state index in [9.17, 15) is 13.2 Å². The average Bonchev–Trinajstić information content (AvgIpc) is 2.14. The van der Waals surface area contributed by atoms with Gasteiger partial charge in [0.15, 0.2) is 6.10 Å². The van der Waals surface area contributed by atoms with E-state index >= 15 is 0 Å². The van der Waals surface area contributed by atoms with E-state index in [-0.39, 0.29) is 10.7 Å². The quantitative estimate of drug-likeness (QED) is 0.844. The number of nitrogens with zero attached hydrogens (tertiary/aromatic N) is 2. The van der Waals surface area contributed by atoms with Gasteiger partial charge in [-0.15, -0.1) is 0 Å². The lowest BCUT2D eigenvalue weighted by Crippen LogP contribution is -2.32. The Morgan fingerprint density at radius 2 is 2.06 bits per heavy atom. The topological polar surface area (TPSA) is 61.0 Å². The maximum Gasteiger partial charge on any atom is 0.425 e. The van der Waals surface area contributed by atoms with Crippen LogP contribution in [-0.2, 0) is 0 Å². The standard InChI is InChI=1S/C9H10F3N3OS/c1-4-3-6(7(13)17)15-8(14-4)16-5(2)9(10,11)12/h3,5H,1-2H3,(H2,13,17). The Morgan fingerprint density at radius 1 is 1.47 bits per heavy atom. The van der Waals surface area contributed by atoms with E-state index in [2.05, 4.69) is 26.9 Å². The third kappa shape index (κ3) is 3.81. The molecule has 1 heterocycles. The van der Waals surface area contributed by atoms with E-state index in [1.165, 1.54) is 6.07 Å². The fraction of sp³-hybridized carbons (Fsp3) is 0.444. The van der Waals surface area contributed by atoms with Crippen LogP contribution in [0.4, 0.5) is 13.2 Å². The minimum absolute atomic E-state index is 0.0278. The summed E-state index contributed by atoms with van der Waals surface area (Å²) in [6, 6.07) is 1.07. The number of hydrogen-bond donors (Lipinski definition) is 1. The summed E-state index contributed by atoms with van der Waals surface area (Å²) in [6.45, 7) is 2.45. The van der Waals surface area contributed by atoms with Crippen LogP contribution in [0.5, 0.6) is 6.01 Å². The van der Waals surface area contributed by atoms with Crippen LogP contribution in [0.25, 0.3) is 0 Å². The summed E-state index contributed by atoms with van der Waals surface area (Å²) < 4.78 is 41.4. The minimum Gasteiger partial charge on any atom is -0.451 e. The van der Waals surface area contributed by atoms with Crippen molar-refractivity contribution in [3.8, 4) is 6.01 Å². The van der Waals surface area contributed by atoms with E-state index in [1.54, 1.807) is 6.92 Å². The van der Waals surface area contributed by atoms with Gasteiger partial charge in [0.05, 0.1) is 0 Å². The molecule has 1 aromatic rings. The number of ether oxygens (including phenoxy) is 1. The van der Waals surface area contributed by atoms with Gasteiger partial charge in [-0.3, -0.25) is 0 Å². The Morgan fingerprint density at radius 3 is 2.53 bits per heavy atom. The highest BCUT2D eigenvalue weighted by atomic mass is 32.1. The molecule has 0 fully saturated rings. The Labute approximate surface area is 101 Å². The van der Waals surface area contributed by atoms with Crippen molar-refractivity contribution in [1.82, 2.24) is 9.97 Å². The number of rotatable bonds is 3. The zero-order valence-electron chi connectivity index (χ0n) is 9.08. The number of aromatic nitrogens is 2. The SMILES string of the molecule is Cc1cc(C(N)=S)nc(OC(C)C(F)(F)F)n1. The van der Waals surface area contributed by atoms with Crippen LogP contribution in [0.15, 0.2) is 6.07 Å². The molecule has 1 aromatic heterocycles. The molecule has 1 atom stereocenters. The van der Waals surface area contributed by atoms with Crippen LogP contribution in [-0.4, -0.2) is 27.2 Å². The largest absolute Gasteiger partial charge is 0.451 e. The van der Waals surface area contributed by atoms with Gasteiger partial charge in [0.2, 0.25) is 0 Å². The summed E-state index contributed by atoms with van der Waals surface area (Å²) in [7, 11) is 0.